The summed E-state index contributed by atoms with van der Waals surface area (Å²) in [4.78, 5) is 11.0. The Labute approximate surface area is 157 Å². The number of hydrogen-bond donors (Lipinski definition) is 2. The zero-order valence-corrected chi connectivity index (χ0v) is 15.5. The maximum absolute atomic E-state index is 6.18. The standard InChI is InChI=1S/C17H20ClN5OS/c1-24-9-7-19-17(25)22-16-20-14(18)10-15(21-16)23-8-6-12-4-2-3-5-13(12)11-23/h2-5,10H,6-9,11H2,1H3,(H2,19,20,21,22,25). The molecule has 2 heterocycles. The summed E-state index contributed by atoms with van der Waals surface area (Å²) in [5, 5.41) is 6.81. The number of rotatable bonds is 5. The molecule has 0 saturated carbocycles. The normalized spacial score (nSPS) is 13.3. The maximum atomic E-state index is 6.18. The Kier molecular flexibility index (Phi) is 6.01. The van der Waals surface area contributed by atoms with Gasteiger partial charge in [-0.3, -0.25) is 0 Å². The van der Waals surface area contributed by atoms with Crippen molar-refractivity contribution in [3.05, 3.63) is 46.6 Å². The lowest BCUT2D eigenvalue weighted by molar-refractivity contribution is 0.204. The van der Waals surface area contributed by atoms with Gasteiger partial charge in [0.2, 0.25) is 5.95 Å². The number of hydrogen-bond acceptors (Lipinski definition) is 5. The number of aromatic nitrogens is 2. The molecule has 132 valence electrons. The third-order valence-electron chi connectivity index (χ3n) is 3.95. The number of halogens is 1. The van der Waals surface area contributed by atoms with Gasteiger partial charge in [0.05, 0.1) is 6.61 Å². The molecule has 6 nitrogen and oxygen atoms in total. The summed E-state index contributed by atoms with van der Waals surface area (Å²) in [6.45, 7) is 2.87. The molecule has 0 fully saturated rings. The molecule has 8 heteroatoms. The van der Waals surface area contributed by atoms with E-state index in [1.54, 1.807) is 13.2 Å². The van der Waals surface area contributed by atoms with Crippen molar-refractivity contribution in [2.45, 2.75) is 13.0 Å². The average Bonchev–Trinajstić information content (AvgIpc) is 2.61. The van der Waals surface area contributed by atoms with E-state index < -0.39 is 0 Å². The van der Waals surface area contributed by atoms with Gasteiger partial charge in [-0.1, -0.05) is 35.9 Å². The van der Waals surface area contributed by atoms with E-state index in [0.29, 0.717) is 29.4 Å². The molecular weight excluding hydrogens is 358 g/mol. The Morgan fingerprint density at radius 3 is 2.92 bits per heavy atom. The van der Waals surface area contributed by atoms with Gasteiger partial charge >= 0.3 is 0 Å². The van der Waals surface area contributed by atoms with E-state index in [1.165, 1.54) is 11.1 Å². The van der Waals surface area contributed by atoms with Gasteiger partial charge in [0.25, 0.3) is 0 Å². The highest BCUT2D eigenvalue weighted by molar-refractivity contribution is 7.80. The maximum Gasteiger partial charge on any atom is 0.232 e. The molecule has 0 amide bonds. The molecule has 0 radical (unpaired) electrons. The minimum Gasteiger partial charge on any atom is -0.383 e. The van der Waals surface area contributed by atoms with Gasteiger partial charge in [-0.15, -0.1) is 0 Å². The fourth-order valence-electron chi connectivity index (χ4n) is 2.73. The summed E-state index contributed by atoms with van der Waals surface area (Å²) in [5.74, 6) is 1.17. The number of nitrogens with one attached hydrogen (secondary N) is 2. The summed E-state index contributed by atoms with van der Waals surface area (Å²) in [6, 6.07) is 10.2. The largest absolute Gasteiger partial charge is 0.383 e. The Bertz CT molecular complexity index is 758. The van der Waals surface area contributed by atoms with Crippen LogP contribution in [0.15, 0.2) is 30.3 Å². The lowest BCUT2D eigenvalue weighted by Crippen LogP contribution is -2.33. The van der Waals surface area contributed by atoms with Crippen LogP contribution in [0, 0.1) is 0 Å². The van der Waals surface area contributed by atoms with Gasteiger partial charge in [0, 0.05) is 32.8 Å². The summed E-state index contributed by atoms with van der Waals surface area (Å²) >= 11 is 11.4. The molecule has 0 unspecified atom stereocenters. The Morgan fingerprint density at radius 1 is 1.32 bits per heavy atom. The SMILES string of the molecule is COCCNC(=S)Nc1nc(Cl)cc(N2CCc3ccccc3C2)n1. The quantitative estimate of drug-likeness (QED) is 0.471. The van der Waals surface area contributed by atoms with Gasteiger partial charge in [0.1, 0.15) is 11.0 Å². The first kappa shape index (κ1) is 17.8. The fourth-order valence-corrected chi connectivity index (χ4v) is 3.10. The van der Waals surface area contributed by atoms with Gasteiger partial charge in [0.15, 0.2) is 5.11 Å². The molecule has 0 aliphatic carbocycles. The van der Waals surface area contributed by atoms with Crippen LogP contribution in [0.25, 0.3) is 0 Å². The number of anilines is 2. The van der Waals surface area contributed by atoms with Crippen LogP contribution in [-0.2, 0) is 17.7 Å². The molecular formula is C17H20ClN5OS. The Morgan fingerprint density at radius 2 is 2.12 bits per heavy atom. The van der Waals surface area contributed by atoms with Crippen molar-refractivity contribution in [2.24, 2.45) is 0 Å². The van der Waals surface area contributed by atoms with Crippen LogP contribution in [0.2, 0.25) is 5.15 Å². The van der Waals surface area contributed by atoms with Gasteiger partial charge in [-0.05, 0) is 29.8 Å². The van der Waals surface area contributed by atoms with Crippen LogP contribution in [-0.4, -0.2) is 41.9 Å². The Balaban J connectivity index is 1.71. The van der Waals surface area contributed by atoms with Crippen LogP contribution in [0.4, 0.5) is 11.8 Å². The molecule has 1 aliphatic heterocycles. The highest BCUT2D eigenvalue weighted by Crippen LogP contribution is 2.25. The number of methoxy groups -OCH3 is 1. The molecule has 1 aromatic heterocycles. The van der Waals surface area contributed by atoms with E-state index in [0.717, 1.165) is 25.3 Å². The minimum atomic E-state index is 0.381. The van der Waals surface area contributed by atoms with Crippen LogP contribution in [0.5, 0.6) is 0 Å². The first-order valence-corrected chi connectivity index (χ1v) is 8.84. The van der Waals surface area contributed by atoms with E-state index in [-0.39, 0.29) is 0 Å². The van der Waals surface area contributed by atoms with E-state index in [2.05, 4.69) is 49.8 Å². The molecule has 0 bridgehead atoms. The monoisotopic (exact) mass is 377 g/mol. The lowest BCUT2D eigenvalue weighted by Gasteiger charge is -2.30. The average molecular weight is 378 g/mol. The lowest BCUT2D eigenvalue weighted by atomic mass is 10.00. The first-order valence-electron chi connectivity index (χ1n) is 8.06. The number of fused-ring (bicyclic) bond motifs is 1. The number of thiocarbonyl (C=S) groups is 1. The van der Waals surface area contributed by atoms with Gasteiger partial charge in [-0.2, -0.15) is 4.98 Å². The molecule has 1 aromatic carbocycles. The second-order valence-corrected chi connectivity index (χ2v) is 6.48. The van der Waals surface area contributed by atoms with Crippen LogP contribution in [0.3, 0.4) is 0 Å². The van der Waals surface area contributed by atoms with Crippen molar-refractivity contribution in [2.75, 3.05) is 37.0 Å². The summed E-state index contributed by atoms with van der Waals surface area (Å²) < 4.78 is 4.98. The zero-order chi connectivity index (χ0) is 17.6. The number of ether oxygens (including phenoxy) is 1. The molecule has 0 spiro atoms. The molecule has 0 atom stereocenters. The highest BCUT2D eigenvalue weighted by atomic mass is 35.5. The van der Waals surface area contributed by atoms with Crippen molar-refractivity contribution in [3.63, 3.8) is 0 Å². The molecule has 2 aromatic rings. The molecule has 0 saturated heterocycles. The fraction of sp³-hybridized carbons (Fsp3) is 0.353. The third kappa shape index (κ3) is 4.78. The minimum absolute atomic E-state index is 0.381. The molecule has 2 N–H and O–H groups in total. The smallest absolute Gasteiger partial charge is 0.232 e. The van der Waals surface area contributed by atoms with E-state index in [9.17, 15) is 0 Å². The Hall–Kier alpha value is -1.96. The van der Waals surface area contributed by atoms with E-state index >= 15 is 0 Å². The second-order valence-electron chi connectivity index (χ2n) is 5.69. The van der Waals surface area contributed by atoms with E-state index in [4.69, 9.17) is 28.6 Å². The number of benzene rings is 1. The van der Waals surface area contributed by atoms with Crippen molar-refractivity contribution in [3.8, 4) is 0 Å². The highest BCUT2D eigenvalue weighted by Gasteiger charge is 2.18. The summed E-state index contributed by atoms with van der Waals surface area (Å²) in [6.07, 6.45) is 0.984. The predicted octanol–water partition coefficient (Wildman–Crippen LogP) is 2.63. The second kappa shape index (κ2) is 8.42. The van der Waals surface area contributed by atoms with Crippen LogP contribution < -0.4 is 15.5 Å². The predicted molar refractivity (Wildman–Crippen MR) is 104 cm³/mol. The number of nitrogens with zero attached hydrogens (tertiary/aromatic N) is 3. The van der Waals surface area contributed by atoms with Gasteiger partial charge < -0.3 is 20.3 Å². The topological polar surface area (TPSA) is 62.3 Å². The summed E-state index contributed by atoms with van der Waals surface area (Å²) in [7, 11) is 1.64. The van der Waals surface area contributed by atoms with Gasteiger partial charge in [-0.25, -0.2) is 4.98 Å². The summed E-state index contributed by atoms with van der Waals surface area (Å²) in [5.41, 5.74) is 2.70. The van der Waals surface area contributed by atoms with E-state index in [1.807, 2.05) is 0 Å². The van der Waals surface area contributed by atoms with Crippen molar-refractivity contribution < 1.29 is 4.74 Å². The van der Waals surface area contributed by atoms with Crippen LogP contribution >= 0.6 is 23.8 Å². The van der Waals surface area contributed by atoms with Crippen molar-refractivity contribution in [1.29, 1.82) is 0 Å². The zero-order valence-electron chi connectivity index (χ0n) is 14.0. The van der Waals surface area contributed by atoms with Crippen LogP contribution in [0.1, 0.15) is 11.1 Å². The molecule has 1 aliphatic rings. The third-order valence-corrected chi connectivity index (χ3v) is 4.39. The van der Waals surface area contributed by atoms with Crippen molar-refractivity contribution >= 4 is 40.7 Å². The first-order chi connectivity index (χ1) is 12.2. The molecule has 25 heavy (non-hydrogen) atoms. The van der Waals surface area contributed by atoms with Crippen molar-refractivity contribution in [1.82, 2.24) is 15.3 Å². The molecule has 3 rings (SSSR count).